The first-order valence-corrected chi connectivity index (χ1v) is 19.4. The molecule has 0 radical (unpaired) electrons. The summed E-state index contributed by atoms with van der Waals surface area (Å²) in [5.74, 6) is -2.06. The van der Waals surface area contributed by atoms with E-state index in [1.165, 1.54) is 0 Å². The number of carbonyl (C=O) groups excluding carboxylic acids is 5. The average Bonchev–Trinajstić information content (AvgIpc) is 3.25. The maximum absolute atomic E-state index is 13.6. The van der Waals surface area contributed by atoms with Crippen molar-refractivity contribution in [2.45, 2.75) is 76.5 Å². The van der Waals surface area contributed by atoms with Gasteiger partial charge in [-0.3, -0.25) is 9.59 Å². The number of amides is 3. The van der Waals surface area contributed by atoms with Gasteiger partial charge in [0.2, 0.25) is 11.8 Å². The van der Waals surface area contributed by atoms with Crippen molar-refractivity contribution >= 4 is 29.8 Å². The van der Waals surface area contributed by atoms with Gasteiger partial charge in [0, 0.05) is 31.7 Å². The van der Waals surface area contributed by atoms with E-state index in [0.717, 1.165) is 27.8 Å². The number of esters is 2. The number of rotatable bonds is 21. The molecule has 58 heavy (non-hydrogen) atoms. The molecule has 0 aliphatic carbocycles. The highest BCUT2D eigenvalue weighted by atomic mass is 16.5. The molecule has 5 aromatic carbocycles. The van der Waals surface area contributed by atoms with Gasteiger partial charge in [0.05, 0.1) is 0 Å². The summed E-state index contributed by atoms with van der Waals surface area (Å²) < 4.78 is 16.6. The third kappa shape index (κ3) is 15.4. The normalized spacial score (nSPS) is 12.2. The quantitative estimate of drug-likeness (QED) is 0.0545. The molecular formula is C47H49N3O8. The molecule has 11 nitrogen and oxygen atoms in total. The van der Waals surface area contributed by atoms with Gasteiger partial charge in [-0.05, 0) is 40.7 Å². The van der Waals surface area contributed by atoms with Crippen LogP contribution in [0.1, 0.15) is 53.5 Å². The third-order valence-electron chi connectivity index (χ3n) is 9.18. The lowest BCUT2D eigenvalue weighted by molar-refractivity contribution is -0.149. The van der Waals surface area contributed by atoms with Crippen molar-refractivity contribution in [3.63, 3.8) is 0 Å². The summed E-state index contributed by atoms with van der Waals surface area (Å²) in [4.78, 5) is 66.5. The first kappa shape index (κ1) is 42.4. The highest BCUT2D eigenvalue weighted by molar-refractivity contribution is 5.86. The Hall–Kier alpha value is -6.75. The predicted octanol–water partition coefficient (Wildman–Crippen LogP) is 6.78. The van der Waals surface area contributed by atoms with E-state index >= 15 is 0 Å². The Bertz CT molecular complexity index is 2020. The van der Waals surface area contributed by atoms with E-state index in [1.807, 2.05) is 152 Å². The second kappa shape index (κ2) is 23.3. The zero-order valence-corrected chi connectivity index (χ0v) is 32.3. The van der Waals surface area contributed by atoms with Crippen molar-refractivity contribution in [2.24, 2.45) is 0 Å². The molecule has 0 aliphatic rings. The van der Waals surface area contributed by atoms with Crippen LogP contribution in [-0.4, -0.2) is 48.0 Å². The van der Waals surface area contributed by atoms with Crippen LogP contribution in [0.5, 0.6) is 0 Å². The standard InChI is InChI=1S/C47H49N3O8/c51-43(49-41(29-35-17-6-1-7-18-35)45(53)56-32-37-21-10-3-11-22-37)28-16-27-40(48-47(55)58-34-39-25-14-5-15-26-39)31-44(52)50-42(30-36-19-8-2-9-20-36)46(54)57-33-38-23-12-4-13-24-38/h1-15,17-26,40-42H,16,27-34H2,(H,48,55)(H,49,51)(H,50,52)/t40-,41-,42-/m0/s1. The van der Waals surface area contributed by atoms with Crippen LogP contribution in [0.2, 0.25) is 0 Å². The number of hydrogen-bond donors (Lipinski definition) is 3. The summed E-state index contributed by atoms with van der Waals surface area (Å²) in [5, 5.41) is 8.41. The largest absolute Gasteiger partial charge is 0.459 e. The molecule has 5 aromatic rings. The Kier molecular flexibility index (Phi) is 17.1. The molecule has 3 atom stereocenters. The van der Waals surface area contributed by atoms with Crippen molar-refractivity contribution in [2.75, 3.05) is 0 Å². The topological polar surface area (TPSA) is 149 Å². The van der Waals surface area contributed by atoms with Crippen LogP contribution in [0.3, 0.4) is 0 Å². The molecule has 0 fully saturated rings. The highest BCUT2D eigenvalue weighted by Gasteiger charge is 2.27. The van der Waals surface area contributed by atoms with E-state index in [9.17, 15) is 24.0 Å². The molecular weight excluding hydrogens is 735 g/mol. The van der Waals surface area contributed by atoms with Crippen molar-refractivity contribution in [1.82, 2.24) is 16.0 Å². The SMILES string of the molecule is O=C(CCC[C@@H](CC(=O)N[C@@H](Cc1ccccc1)C(=O)OCc1ccccc1)NC(=O)OCc1ccccc1)N[C@@H](Cc1ccccc1)C(=O)OCc1ccccc1. The van der Waals surface area contributed by atoms with Gasteiger partial charge in [0.15, 0.2) is 0 Å². The van der Waals surface area contributed by atoms with Crippen molar-refractivity contribution in [3.05, 3.63) is 179 Å². The summed E-state index contributed by atoms with van der Waals surface area (Å²) >= 11 is 0. The first-order valence-electron chi connectivity index (χ1n) is 19.4. The van der Waals surface area contributed by atoms with Gasteiger partial charge >= 0.3 is 18.0 Å². The molecule has 0 aromatic heterocycles. The van der Waals surface area contributed by atoms with E-state index in [0.29, 0.717) is 0 Å². The van der Waals surface area contributed by atoms with E-state index < -0.39 is 48.0 Å². The lowest BCUT2D eigenvalue weighted by Gasteiger charge is -2.22. The number of hydrogen-bond acceptors (Lipinski definition) is 8. The summed E-state index contributed by atoms with van der Waals surface area (Å²) in [6.45, 7) is 0.119. The number of alkyl carbamates (subject to hydrolysis) is 1. The van der Waals surface area contributed by atoms with Gasteiger partial charge in [0.1, 0.15) is 31.9 Å². The van der Waals surface area contributed by atoms with Gasteiger partial charge < -0.3 is 30.2 Å². The van der Waals surface area contributed by atoms with E-state index in [2.05, 4.69) is 16.0 Å². The van der Waals surface area contributed by atoms with Crippen LogP contribution in [-0.2, 0) is 66.1 Å². The molecule has 3 amide bonds. The van der Waals surface area contributed by atoms with Crippen LogP contribution >= 0.6 is 0 Å². The number of benzene rings is 5. The third-order valence-corrected chi connectivity index (χ3v) is 9.18. The molecule has 0 bridgehead atoms. The van der Waals surface area contributed by atoms with Crippen molar-refractivity contribution < 1.29 is 38.2 Å². The molecule has 0 unspecified atom stereocenters. The molecule has 5 rings (SSSR count). The number of nitrogens with one attached hydrogen (secondary N) is 3. The van der Waals surface area contributed by atoms with Crippen molar-refractivity contribution in [1.29, 1.82) is 0 Å². The molecule has 0 heterocycles. The maximum atomic E-state index is 13.6. The number of ether oxygens (including phenoxy) is 3. The fourth-order valence-corrected chi connectivity index (χ4v) is 6.15. The minimum Gasteiger partial charge on any atom is -0.459 e. The average molecular weight is 784 g/mol. The van der Waals surface area contributed by atoms with E-state index in [1.54, 1.807) is 0 Å². The fraction of sp³-hybridized carbons (Fsp3) is 0.255. The smallest absolute Gasteiger partial charge is 0.407 e. The molecule has 11 heteroatoms. The van der Waals surface area contributed by atoms with Gasteiger partial charge in [-0.2, -0.15) is 0 Å². The fourth-order valence-electron chi connectivity index (χ4n) is 6.15. The summed E-state index contributed by atoms with van der Waals surface area (Å²) in [7, 11) is 0. The van der Waals surface area contributed by atoms with Crippen LogP contribution in [0, 0.1) is 0 Å². The Morgan fingerprint density at radius 1 is 0.431 bits per heavy atom. The van der Waals surface area contributed by atoms with Gasteiger partial charge in [-0.15, -0.1) is 0 Å². The Balaban J connectivity index is 1.21. The Labute approximate surface area is 339 Å². The van der Waals surface area contributed by atoms with Crippen molar-refractivity contribution in [3.8, 4) is 0 Å². The van der Waals surface area contributed by atoms with Crippen LogP contribution in [0.25, 0.3) is 0 Å². The Morgan fingerprint density at radius 2 is 0.793 bits per heavy atom. The van der Waals surface area contributed by atoms with Gasteiger partial charge in [0.25, 0.3) is 0 Å². The maximum Gasteiger partial charge on any atom is 0.407 e. The minimum atomic E-state index is -1.00. The second-order valence-corrected chi connectivity index (χ2v) is 13.8. The summed E-state index contributed by atoms with van der Waals surface area (Å²) in [6, 6.07) is 43.6. The number of carbonyl (C=O) groups is 5. The lowest BCUT2D eigenvalue weighted by atomic mass is 10.0. The van der Waals surface area contributed by atoms with Crippen LogP contribution in [0.15, 0.2) is 152 Å². The monoisotopic (exact) mass is 783 g/mol. The molecule has 0 saturated heterocycles. The van der Waals surface area contributed by atoms with E-state index in [-0.39, 0.29) is 58.3 Å². The summed E-state index contributed by atoms with van der Waals surface area (Å²) in [5.41, 5.74) is 4.08. The molecule has 3 N–H and O–H groups in total. The first-order chi connectivity index (χ1) is 28.3. The van der Waals surface area contributed by atoms with E-state index in [4.69, 9.17) is 14.2 Å². The molecule has 0 saturated carbocycles. The van der Waals surface area contributed by atoms with Gasteiger partial charge in [-0.25, -0.2) is 14.4 Å². The van der Waals surface area contributed by atoms with Crippen LogP contribution < -0.4 is 16.0 Å². The zero-order valence-electron chi connectivity index (χ0n) is 32.3. The Morgan fingerprint density at radius 3 is 1.21 bits per heavy atom. The second-order valence-electron chi connectivity index (χ2n) is 13.8. The lowest BCUT2D eigenvalue weighted by Crippen LogP contribution is -2.46. The van der Waals surface area contributed by atoms with Crippen LogP contribution in [0.4, 0.5) is 4.79 Å². The minimum absolute atomic E-state index is 0.00143. The molecule has 300 valence electrons. The summed E-state index contributed by atoms with van der Waals surface area (Å²) in [6.07, 6.45) is -0.0543. The zero-order chi connectivity index (χ0) is 40.8. The predicted molar refractivity (Wildman–Crippen MR) is 219 cm³/mol. The van der Waals surface area contributed by atoms with Gasteiger partial charge in [-0.1, -0.05) is 152 Å². The highest BCUT2D eigenvalue weighted by Crippen LogP contribution is 2.13. The molecule has 0 aliphatic heterocycles. The molecule has 0 spiro atoms.